The van der Waals surface area contributed by atoms with Crippen LogP contribution in [0.15, 0.2) is 24.3 Å². The first-order valence-corrected chi connectivity index (χ1v) is 6.20. The van der Waals surface area contributed by atoms with Crippen molar-refractivity contribution in [1.82, 2.24) is 14.8 Å². The van der Waals surface area contributed by atoms with Gasteiger partial charge in [0, 0.05) is 25.2 Å². The van der Waals surface area contributed by atoms with Gasteiger partial charge in [0.25, 0.3) is 0 Å². The zero-order valence-electron chi connectivity index (χ0n) is 12.4. The van der Waals surface area contributed by atoms with Gasteiger partial charge in [-0.2, -0.15) is 0 Å². The summed E-state index contributed by atoms with van der Waals surface area (Å²) in [6.45, 7) is 6.29. The molecule has 0 fully saturated rings. The number of hydrogen-bond donors (Lipinski definition) is 0. The Bertz CT molecular complexity index is 572. The maximum atomic E-state index is 12.9. The van der Waals surface area contributed by atoms with Crippen molar-refractivity contribution in [1.29, 1.82) is 0 Å². The minimum Gasteiger partial charge on any atom is -0.314 e. The van der Waals surface area contributed by atoms with Crippen LogP contribution in [0.3, 0.4) is 0 Å². The summed E-state index contributed by atoms with van der Waals surface area (Å²) < 4.78 is 14.9. The zero-order valence-corrected chi connectivity index (χ0v) is 13.2. The summed E-state index contributed by atoms with van der Waals surface area (Å²) in [5.41, 5.74) is 0.807. The van der Waals surface area contributed by atoms with Crippen LogP contribution in [0.25, 0.3) is 0 Å². The SMILES string of the molecule is CN(c1ccc(F)cc1)c1nnc(C(C)(C)C)n1C.Cl. The Kier molecular flexibility index (Phi) is 4.76. The monoisotopic (exact) mass is 298 g/mol. The fourth-order valence-corrected chi connectivity index (χ4v) is 2.05. The largest absolute Gasteiger partial charge is 0.314 e. The molecule has 0 atom stereocenters. The molecule has 1 heterocycles. The molecular formula is C14H20ClFN4. The van der Waals surface area contributed by atoms with Gasteiger partial charge in [0.1, 0.15) is 11.6 Å². The maximum absolute atomic E-state index is 12.9. The smallest absolute Gasteiger partial charge is 0.231 e. The van der Waals surface area contributed by atoms with Crippen LogP contribution < -0.4 is 4.90 Å². The van der Waals surface area contributed by atoms with Crippen molar-refractivity contribution < 1.29 is 4.39 Å². The molecule has 20 heavy (non-hydrogen) atoms. The van der Waals surface area contributed by atoms with Crippen LogP contribution in [-0.2, 0) is 12.5 Å². The number of hydrogen-bond acceptors (Lipinski definition) is 3. The molecule has 0 saturated carbocycles. The van der Waals surface area contributed by atoms with E-state index in [0.717, 1.165) is 17.5 Å². The molecule has 0 amide bonds. The second-order valence-corrected chi connectivity index (χ2v) is 5.67. The van der Waals surface area contributed by atoms with Crippen molar-refractivity contribution in [3.05, 3.63) is 35.9 Å². The van der Waals surface area contributed by atoms with Gasteiger partial charge in [0.05, 0.1) is 0 Å². The van der Waals surface area contributed by atoms with Gasteiger partial charge in [-0.3, -0.25) is 4.57 Å². The minimum absolute atomic E-state index is 0. The highest BCUT2D eigenvalue weighted by Gasteiger charge is 2.23. The summed E-state index contributed by atoms with van der Waals surface area (Å²) in [4.78, 5) is 1.89. The molecule has 0 aliphatic rings. The Labute approximate surface area is 125 Å². The molecule has 0 N–H and O–H groups in total. The van der Waals surface area contributed by atoms with Crippen LogP contribution in [0.5, 0.6) is 0 Å². The molecule has 4 nitrogen and oxygen atoms in total. The number of halogens is 2. The molecule has 0 aliphatic carbocycles. The second-order valence-electron chi connectivity index (χ2n) is 5.67. The first kappa shape index (κ1) is 16.4. The molecule has 1 aromatic heterocycles. The maximum Gasteiger partial charge on any atom is 0.231 e. The average molecular weight is 299 g/mol. The van der Waals surface area contributed by atoms with Gasteiger partial charge in [0.15, 0.2) is 0 Å². The molecule has 2 aromatic rings. The van der Waals surface area contributed by atoms with E-state index in [0.29, 0.717) is 0 Å². The Balaban J connectivity index is 0.00000200. The van der Waals surface area contributed by atoms with E-state index in [-0.39, 0.29) is 23.6 Å². The van der Waals surface area contributed by atoms with Crippen molar-refractivity contribution >= 4 is 24.0 Å². The molecule has 0 saturated heterocycles. The molecule has 1 aromatic carbocycles. The molecular weight excluding hydrogens is 279 g/mol. The van der Waals surface area contributed by atoms with Crippen molar-refractivity contribution in [3.8, 4) is 0 Å². The molecule has 0 spiro atoms. The summed E-state index contributed by atoms with van der Waals surface area (Å²) in [6.07, 6.45) is 0. The minimum atomic E-state index is -0.245. The summed E-state index contributed by atoms with van der Waals surface area (Å²) in [5.74, 6) is 1.40. The standard InChI is InChI=1S/C14H19FN4.ClH/c1-14(2,3)12-16-17-13(19(12)5)18(4)11-8-6-10(15)7-9-11;/h6-9H,1-5H3;1H. The lowest BCUT2D eigenvalue weighted by atomic mass is 9.96. The van der Waals surface area contributed by atoms with Gasteiger partial charge in [-0.25, -0.2) is 4.39 Å². The van der Waals surface area contributed by atoms with E-state index in [1.165, 1.54) is 12.1 Å². The van der Waals surface area contributed by atoms with Crippen LogP contribution in [0, 0.1) is 5.82 Å². The third kappa shape index (κ3) is 3.10. The van der Waals surface area contributed by atoms with Crippen molar-refractivity contribution in [2.75, 3.05) is 11.9 Å². The number of nitrogens with zero attached hydrogens (tertiary/aromatic N) is 4. The van der Waals surface area contributed by atoms with E-state index in [1.807, 2.05) is 23.6 Å². The zero-order chi connectivity index (χ0) is 14.2. The van der Waals surface area contributed by atoms with Gasteiger partial charge >= 0.3 is 0 Å². The van der Waals surface area contributed by atoms with E-state index in [9.17, 15) is 4.39 Å². The Hall–Kier alpha value is -1.62. The Morgan fingerprint density at radius 2 is 1.65 bits per heavy atom. The van der Waals surface area contributed by atoms with Crippen molar-refractivity contribution in [2.24, 2.45) is 7.05 Å². The first-order valence-electron chi connectivity index (χ1n) is 6.20. The lowest BCUT2D eigenvalue weighted by Crippen LogP contribution is -2.20. The summed E-state index contributed by atoms with van der Waals surface area (Å²) in [5, 5.41) is 8.47. The molecule has 0 unspecified atom stereocenters. The van der Waals surface area contributed by atoms with Gasteiger partial charge in [-0.05, 0) is 24.3 Å². The van der Waals surface area contributed by atoms with Gasteiger partial charge in [-0.1, -0.05) is 20.8 Å². The number of benzene rings is 1. The molecule has 0 aliphatic heterocycles. The molecule has 6 heteroatoms. The van der Waals surface area contributed by atoms with Crippen LogP contribution >= 0.6 is 12.4 Å². The van der Waals surface area contributed by atoms with Crippen LogP contribution in [0.1, 0.15) is 26.6 Å². The third-order valence-corrected chi connectivity index (χ3v) is 3.04. The molecule has 0 radical (unpaired) electrons. The molecule has 0 bridgehead atoms. The van der Waals surface area contributed by atoms with E-state index < -0.39 is 0 Å². The average Bonchev–Trinajstić information content (AvgIpc) is 2.71. The fraction of sp³-hybridized carbons (Fsp3) is 0.429. The van der Waals surface area contributed by atoms with Gasteiger partial charge < -0.3 is 4.90 Å². The Morgan fingerprint density at radius 3 is 2.10 bits per heavy atom. The highest BCUT2D eigenvalue weighted by Crippen LogP contribution is 2.26. The predicted molar refractivity (Wildman–Crippen MR) is 81.4 cm³/mol. The summed E-state index contributed by atoms with van der Waals surface area (Å²) in [7, 11) is 3.83. The number of anilines is 2. The number of rotatable bonds is 2. The lowest BCUT2D eigenvalue weighted by Gasteiger charge is -2.21. The third-order valence-electron chi connectivity index (χ3n) is 3.04. The highest BCUT2D eigenvalue weighted by molar-refractivity contribution is 5.85. The number of aromatic nitrogens is 3. The van der Waals surface area contributed by atoms with Crippen molar-refractivity contribution in [2.45, 2.75) is 26.2 Å². The first-order chi connectivity index (χ1) is 8.80. The van der Waals surface area contributed by atoms with Crippen molar-refractivity contribution in [3.63, 3.8) is 0 Å². The van der Waals surface area contributed by atoms with Gasteiger partial charge in [0.2, 0.25) is 5.95 Å². The van der Waals surface area contributed by atoms with Crippen LogP contribution in [0.2, 0.25) is 0 Å². The molecule has 110 valence electrons. The highest BCUT2D eigenvalue weighted by atomic mass is 35.5. The topological polar surface area (TPSA) is 34.0 Å². The van der Waals surface area contributed by atoms with E-state index in [2.05, 4.69) is 31.0 Å². The van der Waals surface area contributed by atoms with Gasteiger partial charge in [-0.15, -0.1) is 22.6 Å². The van der Waals surface area contributed by atoms with E-state index in [1.54, 1.807) is 12.1 Å². The Morgan fingerprint density at radius 1 is 1.10 bits per heavy atom. The predicted octanol–water partition coefficient (Wildman–Crippen LogP) is 3.44. The summed E-state index contributed by atoms with van der Waals surface area (Å²) in [6, 6.07) is 6.32. The normalized spacial score (nSPS) is 11.1. The van der Waals surface area contributed by atoms with E-state index in [4.69, 9.17) is 0 Å². The fourth-order valence-electron chi connectivity index (χ4n) is 2.05. The quantitative estimate of drug-likeness (QED) is 0.851. The van der Waals surface area contributed by atoms with E-state index >= 15 is 0 Å². The second kappa shape index (κ2) is 5.79. The van der Waals surface area contributed by atoms with Crippen LogP contribution in [-0.4, -0.2) is 21.8 Å². The summed E-state index contributed by atoms with van der Waals surface area (Å²) >= 11 is 0. The van der Waals surface area contributed by atoms with Crippen LogP contribution in [0.4, 0.5) is 16.0 Å². The lowest BCUT2D eigenvalue weighted by molar-refractivity contribution is 0.520. The molecule has 2 rings (SSSR count).